The maximum atomic E-state index is 12.5. The summed E-state index contributed by atoms with van der Waals surface area (Å²) in [6.45, 7) is 5.35. The van der Waals surface area contributed by atoms with Gasteiger partial charge in [0.1, 0.15) is 6.10 Å². The summed E-state index contributed by atoms with van der Waals surface area (Å²) in [6.07, 6.45) is 4.47. The van der Waals surface area contributed by atoms with E-state index in [0.717, 1.165) is 50.0 Å². The van der Waals surface area contributed by atoms with E-state index in [1.54, 1.807) is 10.7 Å². The molecule has 1 N–H and O–H groups in total. The van der Waals surface area contributed by atoms with Gasteiger partial charge in [0.2, 0.25) is 5.88 Å². The number of aromatic nitrogens is 4. The zero-order valence-electron chi connectivity index (χ0n) is 15.8. The molecule has 1 aliphatic carbocycles. The Morgan fingerprint density at radius 1 is 1.19 bits per heavy atom. The molecule has 0 bridgehead atoms. The Labute approximate surface area is 158 Å². The molecule has 27 heavy (non-hydrogen) atoms. The molecule has 1 saturated carbocycles. The Morgan fingerprint density at radius 3 is 2.63 bits per heavy atom. The van der Waals surface area contributed by atoms with Gasteiger partial charge in [0.15, 0.2) is 5.69 Å². The first-order valence-corrected chi connectivity index (χ1v) is 9.57. The van der Waals surface area contributed by atoms with E-state index in [1.165, 1.54) is 0 Å². The minimum atomic E-state index is -0.137. The van der Waals surface area contributed by atoms with Gasteiger partial charge >= 0.3 is 6.01 Å². The number of hydrogen-bond donors (Lipinski definition) is 1. The van der Waals surface area contributed by atoms with Gasteiger partial charge in [-0.1, -0.05) is 0 Å². The molecule has 0 spiro atoms. The first kappa shape index (κ1) is 17.8. The van der Waals surface area contributed by atoms with Crippen LogP contribution in [0.2, 0.25) is 0 Å². The fourth-order valence-corrected chi connectivity index (χ4v) is 3.66. The average Bonchev–Trinajstić information content (AvgIpc) is 3.07. The monoisotopic (exact) mass is 371 g/mol. The third-order valence-corrected chi connectivity index (χ3v) is 4.98. The first-order chi connectivity index (χ1) is 13.1. The van der Waals surface area contributed by atoms with E-state index in [0.29, 0.717) is 24.2 Å². The Balaban J connectivity index is 1.29. The number of nitrogens with one attached hydrogen (secondary N) is 1. The lowest BCUT2D eigenvalue weighted by atomic mass is 9.93. The lowest BCUT2D eigenvalue weighted by Crippen LogP contribution is -2.40. The van der Waals surface area contributed by atoms with E-state index in [-0.39, 0.29) is 18.1 Å². The van der Waals surface area contributed by atoms with Crippen LogP contribution >= 0.6 is 0 Å². The van der Waals surface area contributed by atoms with Gasteiger partial charge < -0.3 is 14.8 Å². The molecular weight excluding hydrogens is 346 g/mol. The highest BCUT2D eigenvalue weighted by Gasteiger charge is 2.26. The molecule has 2 aromatic rings. The fourth-order valence-electron chi connectivity index (χ4n) is 3.66. The zero-order valence-corrected chi connectivity index (χ0v) is 15.8. The minimum absolute atomic E-state index is 0.0904. The van der Waals surface area contributed by atoms with Crippen LogP contribution < -0.4 is 14.8 Å². The van der Waals surface area contributed by atoms with Gasteiger partial charge in [0.05, 0.1) is 6.61 Å². The van der Waals surface area contributed by atoms with Crippen molar-refractivity contribution in [3.63, 3.8) is 0 Å². The number of carbonyl (C=O) groups is 1. The highest BCUT2D eigenvalue weighted by atomic mass is 16.5. The third kappa shape index (κ3) is 4.20. The van der Waals surface area contributed by atoms with E-state index in [1.807, 2.05) is 19.9 Å². The molecule has 0 unspecified atom stereocenters. The van der Waals surface area contributed by atoms with Gasteiger partial charge in [-0.25, -0.2) is 14.6 Å². The van der Waals surface area contributed by atoms with Crippen LogP contribution in [0.3, 0.4) is 0 Å². The molecular formula is C19H25N5O3. The summed E-state index contributed by atoms with van der Waals surface area (Å²) in [7, 11) is 0. The van der Waals surface area contributed by atoms with E-state index in [9.17, 15) is 4.79 Å². The highest BCUT2D eigenvalue weighted by molar-refractivity contribution is 5.92. The van der Waals surface area contributed by atoms with Crippen LogP contribution in [0.5, 0.6) is 11.9 Å². The van der Waals surface area contributed by atoms with E-state index >= 15 is 0 Å². The molecule has 8 heteroatoms. The van der Waals surface area contributed by atoms with Crippen molar-refractivity contribution in [3.8, 4) is 11.9 Å². The molecule has 2 aromatic heterocycles. The van der Waals surface area contributed by atoms with E-state index in [4.69, 9.17) is 9.47 Å². The quantitative estimate of drug-likeness (QED) is 0.886. The van der Waals surface area contributed by atoms with Crippen LogP contribution in [0.4, 0.5) is 0 Å². The van der Waals surface area contributed by atoms with Crippen molar-refractivity contribution in [1.82, 2.24) is 25.1 Å². The third-order valence-electron chi connectivity index (χ3n) is 4.98. The van der Waals surface area contributed by atoms with Crippen molar-refractivity contribution in [2.24, 2.45) is 0 Å². The minimum Gasteiger partial charge on any atom is -0.478 e. The Morgan fingerprint density at radius 2 is 1.93 bits per heavy atom. The molecule has 0 aromatic carbocycles. The maximum Gasteiger partial charge on any atom is 0.317 e. The molecule has 4 rings (SSSR count). The number of fused-ring (bicyclic) bond motifs is 1. The van der Waals surface area contributed by atoms with Gasteiger partial charge in [0.25, 0.3) is 5.91 Å². The van der Waals surface area contributed by atoms with Crippen LogP contribution in [0.25, 0.3) is 0 Å². The molecule has 2 aliphatic rings. The summed E-state index contributed by atoms with van der Waals surface area (Å²) in [6, 6.07) is 4.24. The molecule has 0 atom stereocenters. The molecule has 0 saturated heterocycles. The van der Waals surface area contributed by atoms with E-state index < -0.39 is 0 Å². The molecule has 144 valence electrons. The number of amides is 1. The Kier molecular flexibility index (Phi) is 4.96. The summed E-state index contributed by atoms with van der Waals surface area (Å²) >= 11 is 0. The van der Waals surface area contributed by atoms with Crippen molar-refractivity contribution < 1.29 is 14.3 Å². The van der Waals surface area contributed by atoms with Crippen LogP contribution in [-0.2, 0) is 6.54 Å². The van der Waals surface area contributed by atoms with Gasteiger partial charge in [-0.2, -0.15) is 5.10 Å². The Hall–Kier alpha value is -2.64. The topological polar surface area (TPSA) is 91.2 Å². The SMILES string of the molecule is Cc1cc(C)nc(OC2CCC(NC(=O)c3cc4n(n3)CCCO4)CC2)n1. The number of hydrogen-bond acceptors (Lipinski definition) is 6. The average molecular weight is 371 g/mol. The molecule has 1 amide bonds. The number of carbonyl (C=O) groups excluding carboxylic acids is 1. The second kappa shape index (κ2) is 7.54. The van der Waals surface area contributed by atoms with Crippen LogP contribution in [0.1, 0.15) is 54.0 Å². The standard InChI is InChI=1S/C19H25N5O3/c1-12-10-13(2)21-19(20-12)27-15-6-4-14(5-7-15)22-18(25)16-11-17-24(23-16)8-3-9-26-17/h10-11,14-15H,3-9H2,1-2H3,(H,22,25). The van der Waals surface area contributed by atoms with Gasteiger partial charge in [-0.05, 0) is 45.6 Å². The van der Waals surface area contributed by atoms with Crippen molar-refractivity contribution in [2.75, 3.05) is 6.61 Å². The van der Waals surface area contributed by atoms with Crippen molar-refractivity contribution in [1.29, 1.82) is 0 Å². The normalized spacial score (nSPS) is 21.9. The lowest BCUT2D eigenvalue weighted by molar-refractivity contribution is 0.0879. The van der Waals surface area contributed by atoms with Crippen LogP contribution in [-0.4, -0.2) is 44.4 Å². The largest absolute Gasteiger partial charge is 0.478 e. The molecule has 1 fully saturated rings. The Bertz CT molecular complexity index is 783. The van der Waals surface area contributed by atoms with Gasteiger partial charge in [-0.3, -0.25) is 4.79 Å². The first-order valence-electron chi connectivity index (χ1n) is 9.57. The van der Waals surface area contributed by atoms with Gasteiger partial charge in [-0.15, -0.1) is 0 Å². The zero-order chi connectivity index (χ0) is 18.8. The second-order valence-electron chi connectivity index (χ2n) is 7.29. The number of aryl methyl sites for hydroxylation is 3. The fraction of sp³-hybridized carbons (Fsp3) is 0.579. The summed E-state index contributed by atoms with van der Waals surface area (Å²) < 4.78 is 13.2. The summed E-state index contributed by atoms with van der Waals surface area (Å²) in [5.41, 5.74) is 2.24. The predicted octanol–water partition coefficient (Wildman–Crippen LogP) is 2.19. The summed E-state index contributed by atoms with van der Waals surface area (Å²) in [5.74, 6) is 0.541. The maximum absolute atomic E-state index is 12.5. The smallest absolute Gasteiger partial charge is 0.317 e. The van der Waals surface area contributed by atoms with Crippen LogP contribution in [0, 0.1) is 13.8 Å². The number of nitrogens with zero attached hydrogens (tertiary/aromatic N) is 4. The summed E-state index contributed by atoms with van der Waals surface area (Å²) in [4.78, 5) is 21.2. The molecule has 1 aliphatic heterocycles. The highest BCUT2D eigenvalue weighted by Crippen LogP contribution is 2.23. The van der Waals surface area contributed by atoms with Crippen molar-refractivity contribution in [3.05, 3.63) is 29.2 Å². The lowest BCUT2D eigenvalue weighted by Gasteiger charge is -2.28. The van der Waals surface area contributed by atoms with E-state index in [2.05, 4.69) is 20.4 Å². The van der Waals surface area contributed by atoms with Gasteiger partial charge in [0, 0.05) is 36.5 Å². The number of ether oxygens (including phenoxy) is 2. The number of rotatable bonds is 4. The molecule has 3 heterocycles. The van der Waals surface area contributed by atoms with Crippen molar-refractivity contribution >= 4 is 5.91 Å². The molecule has 0 radical (unpaired) electrons. The second-order valence-corrected chi connectivity index (χ2v) is 7.29. The molecule has 8 nitrogen and oxygen atoms in total. The van der Waals surface area contributed by atoms with Crippen LogP contribution in [0.15, 0.2) is 12.1 Å². The summed E-state index contributed by atoms with van der Waals surface area (Å²) in [5, 5.41) is 7.43. The predicted molar refractivity (Wildman–Crippen MR) is 98.0 cm³/mol. The van der Waals surface area contributed by atoms with Crippen molar-refractivity contribution in [2.45, 2.75) is 64.6 Å².